The Morgan fingerprint density at radius 3 is 2.61 bits per heavy atom. The summed E-state index contributed by atoms with van der Waals surface area (Å²) < 4.78 is 6.09. The molecule has 1 N–H and O–H groups in total. The number of piperazine rings is 1. The normalized spacial score (nSPS) is 21.2. The molecule has 0 radical (unpaired) electrons. The second-order valence-electron chi connectivity index (χ2n) is 9.25. The molecule has 1 aromatic heterocycles. The van der Waals surface area contributed by atoms with Crippen LogP contribution in [0.3, 0.4) is 0 Å². The van der Waals surface area contributed by atoms with Crippen LogP contribution in [0, 0.1) is 11.3 Å². The van der Waals surface area contributed by atoms with Gasteiger partial charge in [0.15, 0.2) is 0 Å². The molecule has 4 rings (SSSR count). The lowest BCUT2D eigenvalue weighted by Crippen LogP contribution is -2.49. The first kappa shape index (κ1) is 22.9. The largest absolute Gasteiger partial charge is 0.469 e. The zero-order chi connectivity index (χ0) is 23.4. The Morgan fingerprint density at radius 1 is 1.15 bits per heavy atom. The maximum absolute atomic E-state index is 13.2. The summed E-state index contributed by atoms with van der Waals surface area (Å²) in [7, 11) is 0. The van der Waals surface area contributed by atoms with E-state index in [9.17, 15) is 10.1 Å². The second kappa shape index (κ2) is 9.67. The molecule has 8 heteroatoms. The van der Waals surface area contributed by atoms with Crippen molar-refractivity contribution < 1.29 is 9.53 Å². The number of rotatable bonds is 5. The van der Waals surface area contributed by atoms with Crippen LogP contribution in [0.25, 0.3) is 0 Å². The average Bonchev–Trinajstić information content (AvgIpc) is 3.21. The number of amides is 2. The van der Waals surface area contributed by atoms with Crippen molar-refractivity contribution in [3.8, 4) is 11.9 Å². The fourth-order valence-electron chi connectivity index (χ4n) is 4.54. The van der Waals surface area contributed by atoms with Gasteiger partial charge in [-0.3, -0.25) is 4.90 Å². The first-order chi connectivity index (χ1) is 15.9. The number of benzene rings is 1. The number of carbonyl (C=O) groups is 1. The third-order valence-corrected chi connectivity index (χ3v) is 6.49. The molecule has 33 heavy (non-hydrogen) atoms. The van der Waals surface area contributed by atoms with Crippen molar-refractivity contribution in [2.45, 2.75) is 38.8 Å². The molecule has 2 aliphatic rings. The quantitative estimate of drug-likeness (QED) is 0.753. The van der Waals surface area contributed by atoms with Crippen LogP contribution in [0.15, 0.2) is 42.6 Å². The molecule has 2 aliphatic heterocycles. The van der Waals surface area contributed by atoms with Gasteiger partial charge in [-0.05, 0) is 39.0 Å². The molecule has 0 spiro atoms. The number of carbonyl (C=O) groups excluding carboxylic acids is 1. The number of anilines is 2. The van der Waals surface area contributed by atoms with Gasteiger partial charge in [0.1, 0.15) is 11.7 Å². The third-order valence-electron chi connectivity index (χ3n) is 6.49. The number of nitrogens with zero attached hydrogens (tertiary/aromatic N) is 5. The standard InChI is InChI=1S/C25H32N6O2/c1-19(2)29-13-15-30(16-14-29)21-8-6-7-20(17-26)23(21)28-24(32)31-12-10-25(3,18-31)33-22-9-4-5-11-27-22/h4-9,11,19H,10,12-16,18H2,1-3H3,(H,28,32). The number of urea groups is 1. The summed E-state index contributed by atoms with van der Waals surface area (Å²) in [4.78, 5) is 23.9. The molecular formula is C25H32N6O2. The summed E-state index contributed by atoms with van der Waals surface area (Å²) in [6.07, 6.45) is 2.40. The van der Waals surface area contributed by atoms with Gasteiger partial charge in [0.05, 0.1) is 23.5 Å². The van der Waals surface area contributed by atoms with E-state index in [2.05, 4.69) is 40.0 Å². The second-order valence-corrected chi connectivity index (χ2v) is 9.25. The number of likely N-dealkylation sites (tertiary alicyclic amines) is 1. The minimum absolute atomic E-state index is 0.215. The lowest BCUT2D eigenvalue weighted by Gasteiger charge is -2.39. The van der Waals surface area contributed by atoms with Crippen LogP contribution >= 0.6 is 0 Å². The molecule has 1 atom stereocenters. The molecule has 1 unspecified atom stereocenters. The number of nitrogens with one attached hydrogen (secondary N) is 1. The highest BCUT2D eigenvalue weighted by Gasteiger charge is 2.39. The number of hydrogen-bond acceptors (Lipinski definition) is 6. The van der Waals surface area contributed by atoms with Gasteiger partial charge in [-0.2, -0.15) is 5.26 Å². The number of aromatic nitrogens is 1. The molecule has 3 heterocycles. The van der Waals surface area contributed by atoms with E-state index in [1.807, 2.05) is 37.3 Å². The van der Waals surface area contributed by atoms with E-state index < -0.39 is 5.60 Å². The van der Waals surface area contributed by atoms with Crippen molar-refractivity contribution in [2.75, 3.05) is 49.5 Å². The molecule has 8 nitrogen and oxygen atoms in total. The van der Waals surface area contributed by atoms with Crippen molar-refractivity contribution >= 4 is 17.4 Å². The molecule has 0 aliphatic carbocycles. The van der Waals surface area contributed by atoms with E-state index in [1.165, 1.54) is 0 Å². The van der Waals surface area contributed by atoms with Crippen molar-refractivity contribution in [3.63, 3.8) is 0 Å². The summed E-state index contributed by atoms with van der Waals surface area (Å²) in [5, 5.41) is 12.8. The number of hydrogen-bond donors (Lipinski definition) is 1. The summed E-state index contributed by atoms with van der Waals surface area (Å²) in [5.41, 5.74) is 1.45. The Kier molecular flexibility index (Phi) is 6.70. The van der Waals surface area contributed by atoms with Gasteiger partial charge in [0.25, 0.3) is 0 Å². The van der Waals surface area contributed by atoms with Crippen molar-refractivity contribution in [1.29, 1.82) is 5.26 Å². The number of ether oxygens (including phenoxy) is 1. The van der Waals surface area contributed by atoms with Crippen LogP contribution in [-0.4, -0.2) is 71.7 Å². The monoisotopic (exact) mass is 448 g/mol. The van der Waals surface area contributed by atoms with Gasteiger partial charge in [-0.25, -0.2) is 9.78 Å². The van der Waals surface area contributed by atoms with Gasteiger partial charge in [-0.15, -0.1) is 0 Å². The van der Waals surface area contributed by atoms with Crippen molar-refractivity contribution in [2.24, 2.45) is 0 Å². The van der Waals surface area contributed by atoms with Crippen LogP contribution in [0.5, 0.6) is 5.88 Å². The average molecular weight is 449 g/mol. The molecule has 2 amide bonds. The Morgan fingerprint density at radius 2 is 1.94 bits per heavy atom. The summed E-state index contributed by atoms with van der Waals surface area (Å²) >= 11 is 0. The van der Waals surface area contributed by atoms with E-state index in [0.29, 0.717) is 42.7 Å². The van der Waals surface area contributed by atoms with Crippen LogP contribution in [0.4, 0.5) is 16.2 Å². The van der Waals surface area contributed by atoms with Gasteiger partial charge >= 0.3 is 6.03 Å². The number of nitriles is 1. The Hall–Kier alpha value is -3.31. The van der Waals surface area contributed by atoms with E-state index in [-0.39, 0.29) is 6.03 Å². The van der Waals surface area contributed by atoms with Crippen LogP contribution in [0.1, 0.15) is 32.8 Å². The van der Waals surface area contributed by atoms with Crippen LogP contribution in [-0.2, 0) is 0 Å². The minimum Gasteiger partial charge on any atom is -0.469 e. The molecule has 174 valence electrons. The molecule has 2 fully saturated rings. The minimum atomic E-state index is -0.504. The first-order valence-electron chi connectivity index (χ1n) is 11.6. The Balaban J connectivity index is 1.46. The molecular weight excluding hydrogens is 416 g/mol. The van der Waals surface area contributed by atoms with Gasteiger partial charge in [0.2, 0.25) is 5.88 Å². The lowest BCUT2D eigenvalue weighted by atomic mass is 10.1. The molecule has 1 aromatic carbocycles. The fourth-order valence-corrected chi connectivity index (χ4v) is 4.54. The smallest absolute Gasteiger partial charge is 0.322 e. The maximum Gasteiger partial charge on any atom is 0.322 e. The molecule has 2 saturated heterocycles. The molecule has 0 bridgehead atoms. The fraction of sp³-hybridized carbons (Fsp3) is 0.480. The molecule has 0 saturated carbocycles. The highest BCUT2D eigenvalue weighted by molar-refractivity contribution is 5.95. The van der Waals surface area contributed by atoms with E-state index >= 15 is 0 Å². The predicted molar refractivity (Wildman–Crippen MR) is 129 cm³/mol. The van der Waals surface area contributed by atoms with E-state index in [4.69, 9.17) is 4.74 Å². The predicted octanol–water partition coefficient (Wildman–Crippen LogP) is 3.56. The zero-order valence-electron chi connectivity index (χ0n) is 19.6. The lowest BCUT2D eigenvalue weighted by molar-refractivity contribution is 0.0945. The highest BCUT2D eigenvalue weighted by atomic mass is 16.5. The van der Waals surface area contributed by atoms with Crippen molar-refractivity contribution in [3.05, 3.63) is 48.2 Å². The van der Waals surface area contributed by atoms with Crippen LogP contribution in [0.2, 0.25) is 0 Å². The van der Waals surface area contributed by atoms with Gasteiger partial charge < -0.3 is 19.9 Å². The number of pyridine rings is 1. The summed E-state index contributed by atoms with van der Waals surface area (Å²) in [5.74, 6) is 0.555. The SMILES string of the molecule is CC(C)N1CCN(c2cccc(C#N)c2NC(=O)N2CCC(C)(Oc3ccccn3)C2)CC1. The number of para-hydroxylation sites is 1. The van der Waals surface area contributed by atoms with Gasteiger partial charge in [0, 0.05) is 57.4 Å². The molecule has 2 aromatic rings. The topological polar surface area (TPSA) is 84.7 Å². The van der Waals surface area contributed by atoms with Gasteiger partial charge in [-0.1, -0.05) is 12.1 Å². The maximum atomic E-state index is 13.2. The summed E-state index contributed by atoms with van der Waals surface area (Å²) in [6.45, 7) is 11.1. The van der Waals surface area contributed by atoms with E-state index in [1.54, 1.807) is 17.2 Å². The third kappa shape index (κ3) is 5.20. The van der Waals surface area contributed by atoms with Crippen molar-refractivity contribution in [1.82, 2.24) is 14.8 Å². The highest BCUT2D eigenvalue weighted by Crippen LogP contribution is 2.32. The zero-order valence-corrected chi connectivity index (χ0v) is 19.6. The summed E-state index contributed by atoms with van der Waals surface area (Å²) in [6, 6.07) is 13.7. The Bertz CT molecular complexity index is 1010. The van der Waals surface area contributed by atoms with E-state index in [0.717, 1.165) is 31.9 Å². The Labute approximate surface area is 195 Å². The van der Waals surface area contributed by atoms with Crippen LogP contribution < -0.4 is 15.0 Å². The first-order valence-corrected chi connectivity index (χ1v) is 11.6.